The molecule has 3 heteroatoms. The van der Waals surface area contributed by atoms with Crippen molar-refractivity contribution >= 4 is 5.91 Å². The number of nitrogens with two attached hydrogens (primary N) is 1. The van der Waals surface area contributed by atoms with Crippen molar-refractivity contribution in [1.82, 2.24) is 5.32 Å². The molecule has 0 aliphatic carbocycles. The lowest BCUT2D eigenvalue weighted by molar-refractivity contribution is -0.121. The van der Waals surface area contributed by atoms with Gasteiger partial charge in [-0.25, -0.2) is 0 Å². The monoisotopic (exact) mass is 240 g/mol. The molecule has 0 aromatic rings. The molecule has 3 N–H and O–H groups in total. The fourth-order valence-electron chi connectivity index (χ4n) is 1.97. The van der Waals surface area contributed by atoms with Crippen LogP contribution in [-0.4, -0.2) is 19.0 Å². The Kier molecular flexibility index (Phi) is 11.1. The van der Waals surface area contributed by atoms with E-state index < -0.39 is 0 Å². The summed E-state index contributed by atoms with van der Waals surface area (Å²) in [6, 6.07) is 0. The number of amides is 1. The van der Waals surface area contributed by atoms with Crippen LogP contribution in [0.3, 0.4) is 0 Å². The Hall–Kier alpha value is -0.830. The minimum Gasteiger partial charge on any atom is -0.356 e. The minimum atomic E-state index is 0.173. The largest absolute Gasteiger partial charge is 0.356 e. The van der Waals surface area contributed by atoms with Gasteiger partial charge in [-0.3, -0.25) is 4.79 Å². The number of hydrogen-bond acceptors (Lipinski definition) is 2. The van der Waals surface area contributed by atoms with Gasteiger partial charge in [0, 0.05) is 13.0 Å². The zero-order valence-electron chi connectivity index (χ0n) is 11.2. The molecule has 0 saturated carbocycles. The maximum absolute atomic E-state index is 11.6. The standard InChI is InChI=1S/C14H28N2O/c1-3-5-6-12-16-14(17)9-8-13(7-4-2)10-11-15/h3,13H,1,4-12,15H2,2H3,(H,16,17). The van der Waals surface area contributed by atoms with Crippen molar-refractivity contribution in [3.05, 3.63) is 12.7 Å². The zero-order chi connectivity index (χ0) is 12.9. The molecule has 1 atom stereocenters. The van der Waals surface area contributed by atoms with E-state index >= 15 is 0 Å². The summed E-state index contributed by atoms with van der Waals surface area (Å²) in [6.07, 6.45) is 8.83. The van der Waals surface area contributed by atoms with Crippen molar-refractivity contribution in [2.24, 2.45) is 11.7 Å². The molecule has 0 saturated heterocycles. The first-order valence-electron chi connectivity index (χ1n) is 6.82. The fraction of sp³-hybridized carbons (Fsp3) is 0.786. The van der Waals surface area contributed by atoms with Crippen molar-refractivity contribution in [3.63, 3.8) is 0 Å². The second kappa shape index (κ2) is 11.6. The fourth-order valence-corrected chi connectivity index (χ4v) is 1.97. The first kappa shape index (κ1) is 16.2. The molecule has 0 fully saturated rings. The van der Waals surface area contributed by atoms with Gasteiger partial charge >= 0.3 is 0 Å². The first-order valence-corrected chi connectivity index (χ1v) is 6.82. The van der Waals surface area contributed by atoms with E-state index in [0.717, 1.165) is 38.8 Å². The van der Waals surface area contributed by atoms with Crippen LogP contribution >= 0.6 is 0 Å². The summed E-state index contributed by atoms with van der Waals surface area (Å²) in [4.78, 5) is 11.6. The van der Waals surface area contributed by atoms with Crippen molar-refractivity contribution < 1.29 is 4.79 Å². The summed E-state index contributed by atoms with van der Waals surface area (Å²) in [5, 5.41) is 2.94. The number of nitrogens with one attached hydrogen (secondary N) is 1. The van der Waals surface area contributed by atoms with Gasteiger partial charge in [-0.05, 0) is 38.1 Å². The molecule has 100 valence electrons. The van der Waals surface area contributed by atoms with Gasteiger partial charge < -0.3 is 11.1 Å². The minimum absolute atomic E-state index is 0.173. The molecule has 17 heavy (non-hydrogen) atoms. The first-order chi connectivity index (χ1) is 8.24. The second-order valence-electron chi connectivity index (χ2n) is 4.55. The Balaban J connectivity index is 3.60. The van der Waals surface area contributed by atoms with Crippen LogP contribution in [0.15, 0.2) is 12.7 Å². The predicted octanol–water partition coefficient (Wildman–Crippen LogP) is 2.61. The molecule has 0 spiro atoms. The van der Waals surface area contributed by atoms with E-state index in [2.05, 4.69) is 18.8 Å². The lowest BCUT2D eigenvalue weighted by Crippen LogP contribution is -2.25. The second-order valence-corrected chi connectivity index (χ2v) is 4.55. The SMILES string of the molecule is C=CCCCNC(=O)CCC(CCC)CCN. The highest BCUT2D eigenvalue weighted by atomic mass is 16.1. The van der Waals surface area contributed by atoms with Crippen LogP contribution in [0.25, 0.3) is 0 Å². The highest BCUT2D eigenvalue weighted by Crippen LogP contribution is 2.16. The van der Waals surface area contributed by atoms with Crippen molar-refractivity contribution in [3.8, 4) is 0 Å². The Morgan fingerprint density at radius 1 is 1.41 bits per heavy atom. The molecular weight excluding hydrogens is 212 g/mol. The Labute approximate surface area is 106 Å². The molecule has 0 heterocycles. The van der Waals surface area contributed by atoms with Gasteiger partial charge in [-0.15, -0.1) is 6.58 Å². The summed E-state index contributed by atoms with van der Waals surface area (Å²) in [7, 11) is 0. The van der Waals surface area contributed by atoms with Gasteiger partial charge in [0.15, 0.2) is 0 Å². The van der Waals surface area contributed by atoms with Crippen molar-refractivity contribution in [2.45, 2.75) is 51.9 Å². The van der Waals surface area contributed by atoms with Gasteiger partial charge in [0.1, 0.15) is 0 Å². The van der Waals surface area contributed by atoms with E-state index in [9.17, 15) is 4.79 Å². The molecular formula is C14H28N2O. The quantitative estimate of drug-likeness (QED) is 0.431. The van der Waals surface area contributed by atoms with Crippen LogP contribution < -0.4 is 11.1 Å². The van der Waals surface area contributed by atoms with Crippen LogP contribution in [0.5, 0.6) is 0 Å². The van der Waals surface area contributed by atoms with Crippen molar-refractivity contribution in [2.75, 3.05) is 13.1 Å². The molecule has 0 rings (SSSR count). The summed E-state index contributed by atoms with van der Waals surface area (Å²) >= 11 is 0. The molecule has 1 unspecified atom stereocenters. The number of carbonyl (C=O) groups is 1. The zero-order valence-corrected chi connectivity index (χ0v) is 11.2. The normalized spacial score (nSPS) is 12.1. The van der Waals surface area contributed by atoms with Gasteiger partial charge in [0.2, 0.25) is 5.91 Å². The molecule has 0 aliphatic heterocycles. The summed E-state index contributed by atoms with van der Waals surface area (Å²) in [5.41, 5.74) is 5.57. The van der Waals surface area contributed by atoms with Gasteiger partial charge in [0.05, 0.1) is 0 Å². The van der Waals surface area contributed by atoms with E-state index in [-0.39, 0.29) is 5.91 Å². The summed E-state index contributed by atoms with van der Waals surface area (Å²) in [6.45, 7) is 7.32. The van der Waals surface area contributed by atoms with E-state index in [1.54, 1.807) is 0 Å². The van der Waals surface area contributed by atoms with Gasteiger partial charge in [0.25, 0.3) is 0 Å². The Bertz CT molecular complexity index is 198. The highest BCUT2D eigenvalue weighted by molar-refractivity contribution is 5.75. The molecule has 0 radical (unpaired) electrons. The van der Waals surface area contributed by atoms with Crippen LogP contribution in [0.1, 0.15) is 51.9 Å². The average molecular weight is 240 g/mol. The molecule has 0 aromatic heterocycles. The Morgan fingerprint density at radius 3 is 2.76 bits per heavy atom. The van der Waals surface area contributed by atoms with Crippen LogP contribution in [0.4, 0.5) is 0 Å². The van der Waals surface area contributed by atoms with Gasteiger partial charge in [-0.2, -0.15) is 0 Å². The molecule has 1 amide bonds. The van der Waals surface area contributed by atoms with E-state index in [4.69, 9.17) is 5.73 Å². The number of unbranched alkanes of at least 4 members (excludes halogenated alkanes) is 1. The summed E-state index contributed by atoms with van der Waals surface area (Å²) in [5.74, 6) is 0.788. The molecule has 0 aromatic carbocycles. The van der Waals surface area contributed by atoms with Crippen LogP contribution in [0.2, 0.25) is 0 Å². The average Bonchev–Trinajstić information content (AvgIpc) is 2.32. The maximum Gasteiger partial charge on any atom is 0.220 e. The van der Waals surface area contributed by atoms with E-state index in [0.29, 0.717) is 12.3 Å². The third kappa shape index (κ3) is 10.1. The maximum atomic E-state index is 11.6. The molecule has 3 nitrogen and oxygen atoms in total. The lowest BCUT2D eigenvalue weighted by atomic mass is 9.94. The lowest BCUT2D eigenvalue weighted by Gasteiger charge is -2.14. The number of rotatable bonds is 11. The predicted molar refractivity (Wildman–Crippen MR) is 73.7 cm³/mol. The van der Waals surface area contributed by atoms with E-state index in [1.165, 1.54) is 12.8 Å². The van der Waals surface area contributed by atoms with Crippen molar-refractivity contribution in [1.29, 1.82) is 0 Å². The van der Waals surface area contributed by atoms with Crippen LogP contribution in [-0.2, 0) is 4.79 Å². The molecule has 0 aliphatic rings. The third-order valence-corrected chi connectivity index (χ3v) is 2.96. The Morgan fingerprint density at radius 2 is 2.18 bits per heavy atom. The van der Waals surface area contributed by atoms with E-state index in [1.807, 2.05) is 6.08 Å². The topological polar surface area (TPSA) is 55.1 Å². The number of carbonyl (C=O) groups excluding carboxylic acids is 1. The number of hydrogen-bond donors (Lipinski definition) is 2. The number of allylic oxidation sites excluding steroid dienone is 1. The highest BCUT2D eigenvalue weighted by Gasteiger charge is 2.09. The van der Waals surface area contributed by atoms with Gasteiger partial charge in [-0.1, -0.05) is 25.8 Å². The van der Waals surface area contributed by atoms with Crippen LogP contribution in [0, 0.1) is 5.92 Å². The third-order valence-electron chi connectivity index (χ3n) is 2.96. The molecule has 0 bridgehead atoms. The smallest absolute Gasteiger partial charge is 0.220 e. The summed E-state index contributed by atoms with van der Waals surface area (Å²) < 4.78 is 0.